The van der Waals surface area contributed by atoms with Crippen LogP contribution in [-0.4, -0.2) is 16.8 Å². The lowest BCUT2D eigenvalue weighted by molar-refractivity contribution is -0.116. The molecule has 1 aromatic carbocycles. The van der Waals surface area contributed by atoms with Gasteiger partial charge in [-0.3, -0.25) is 14.6 Å². The topological polar surface area (TPSA) is 71.1 Å². The molecule has 0 saturated carbocycles. The van der Waals surface area contributed by atoms with E-state index in [2.05, 4.69) is 15.6 Å². The summed E-state index contributed by atoms with van der Waals surface area (Å²) in [6, 6.07) is 10.6. The molecule has 1 unspecified atom stereocenters. The second-order valence-corrected chi connectivity index (χ2v) is 4.61. The van der Waals surface area contributed by atoms with E-state index in [-0.39, 0.29) is 24.3 Å². The van der Waals surface area contributed by atoms with Crippen molar-refractivity contribution in [1.29, 1.82) is 0 Å². The fourth-order valence-corrected chi connectivity index (χ4v) is 2.32. The summed E-state index contributed by atoms with van der Waals surface area (Å²) < 4.78 is 0. The van der Waals surface area contributed by atoms with E-state index in [1.807, 2.05) is 18.2 Å². The predicted molar refractivity (Wildman–Crippen MR) is 74.1 cm³/mol. The van der Waals surface area contributed by atoms with Gasteiger partial charge in [-0.1, -0.05) is 18.2 Å². The van der Waals surface area contributed by atoms with Crippen molar-refractivity contribution in [3.8, 4) is 0 Å². The van der Waals surface area contributed by atoms with E-state index in [0.717, 1.165) is 5.56 Å². The van der Waals surface area contributed by atoms with Gasteiger partial charge in [-0.2, -0.15) is 0 Å². The zero-order valence-electron chi connectivity index (χ0n) is 10.7. The summed E-state index contributed by atoms with van der Waals surface area (Å²) in [5, 5.41) is 5.58. The third-order valence-corrected chi connectivity index (χ3v) is 3.22. The first-order valence-corrected chi connectivity index (χ1v) is 6.34. The zero-order chi connectivity index (χ0) is 13.9. The van der Waals surface area contributed by atoms with Crippen LogP contribution in [0.15, 0.2) is 48.8 Å². The van der Waals surface area contributed by atoms with Gasteiger partial charge < -0.3 is 10.6 Å². The molecule has 5 heteroatoms. The Balaban J connectivity index is 1.70. The van der Waals surface area contributed by atoms with Gasteiger partial charge in [0.2, 0.25) is 5.91 Å². The lowest BCUT2D eigenvalue weighted by Crippen LogP contribution is -2.24. The molecule has 5 nitrogen and oxygen atoms in total. The van der Waals surface area contributed by atoms with Crippen LogP contribution in [0.25, 0.3) is 0 Å². The summed E-state index contributed by atoms with van der Waals surface area (Å²) >= 11 is 0. The van der Waals surface area contributed by atoms with E-state index in [1.165, 1.54) is 0 Å². The van der Waals surface area contributed by atoms with Gasteiger partial charge in [0, 0.05) is 11.8 Å². The Hall–Kier alpha value is -2.69. The van der Waals surface area contributed by atoms with Crippen LogP contribution >= 0.6 is 0 Å². The Morgan fingerprint density at radius 2 is 2.10 bits per heavy atom. The molecule has 1 atom stereocenters. The van der Waals surface area contributed by atoms with Crippen molar-refractivity contribution >= 4 is 17.5 Å². The monoisotopic (exact) mass is 267 g/mol. The molecule has 0 saturated heterocycles. The third-order valence-electron chi connectivity index (χ3n) is 3.22. The molecule has 0 bridgehead atoms. The summed E-state index contributed by atoms with van der Waals surface area (Å²) in [5.41, 5.74) is 2.17. The molecule has 2 N–H and O–H groups in total. The van der Waals surface area contributed by atoms with E-state index in [0.29, 0.717) is 11.3 Å². The first-order valence-electron chi connectivity index (χ1n) is 6.34. The van der Waals surface area contributed by atoms with E-state index in [4.69, 9.17) is 0 Å². The molecule has 3 rings (SSSR count). The van der Waals surface area contributed by atoms with Gasteiger partial charge in [0.1, 0.15) is 0 Å². The highest BCUT2D eigenvalue weighted by molar-refractivity contribution is 6.00. The normalized spacial score (nSPS) is 16.4. The highest BCUT2D eigenvalue weighted by Crippen LogP contribution is 2.27. The fraction of sp³-hybridized carbons (Fsp3) is 0.133. The molecular formula is C15H13N3O2. The minimum Gasteiger partial charge on any atom is -0.345 e. The number of nitrogens with zero attached hydrogens (tertiary/aromatic N) is 1. The van der Waals surface area contributed by atoms with Gasteiger partial charge >= 0.3 is 0 Å². The Bertz CT molecular complexity index is 655. The van der Waals surface area contributed by atoms with Crippen molar-refractivity contribution in [3.05, 3.63) is 59.9 Å². The molecule has 0 aliphatic carbocycles. The molecule has 20 heavy (non-hydrogen) atoms. The van der Waals surface area contributed by atoms with Crippen LogP contribution in [0.5, 0.6) is 0 Å². The van der Waals surface area contributed by atoms with Gasteiger partial charge in [-0.15, -0.1) is 0 Å². The number of aromatic nitrogens is 1. The van der Waals surface area contributed by atoms with E-state index >= 15 is 0 Å². The Morgan fingerprint density at radius 3 is 2.90 bits per heavy atom. The lowest BCUT2D eigenvalue weighted by Gasteiger charge is -2.11. The lowest BCUT2D eigenvalue weighted by atomic mass is 10.0. The molecular weight excluding hydrogens is 254 g/mol. The van der Waals surface area contributed by atoms with E-state index < -0.39 is 0 Å². The largest absolute Gasteiger partial charge is 0.345 e. The number of hydrogen-bond acceptors (Lipinski definition) is 3. The first-order chi connectivity index (χ1) is 9.74. The molecule has 2 amide bonds. The van der Waals surface area contributed by atoms with Crippen molar-refractivity contribution in [2.45, 2.75) is 12.5 Å². The van der Waals surface area contributed by atoms with Crippen molar-refractivity contribution in [2.24, 2.45) is 0 Å². The van der Waals surface area contributed by atoms with Crippen LogP contribution in [0, 0.1) is 0 Å². The fourth-order valence-electron chi connectivity index (χ4n) is 2.32. The Kier molecular flexibility index (Phi) is 3.16. The van der Waals surface area contributed by atoms with E-state index in [1.54, 1.807) is 30.6 Å². The van der Waals surface area contributed by atoms with Gasteiger partial charge in [-0.05, 0) is 23.8 Å². The van der Waals surface area contributed by atoms with Crippen LogP contribution in [0.1, 0.15) is 28.4 Å². The summed E-state index contributed by atoms with van der Waals surface area (Å²) in [6.07, 6.45) is 3.43. The number of anilines is 1. The number of carbonyl (C=O) groups excluding carboxylic acids is 2. The van der Waals surface area contributed by atoms with Gasteiger partial charge in [0.15, 0.2) is 0 Å². The van der Waals surface area contributed by atoms with Crippen LogP contribution in [-0.2, 0) is 4.79 Å². The average molecular weight is 267 g/mol. The number of carbonyl (C=O) groups is 2. The maximum atomic E-state index is 12.0. The number of hydrogen-bond donors (Lipinski definition) is 2. The van der Waals surface area contributed by atoms with Gasteiger partial charge in [0.05, 0.1) is 24.3 Å². The van der Waals surface area contributed by atoms with Crippen molar-refractivity contribution < 1.29 is 9.59 Å². The minimum absolute atomic E-state index is 0.125. The molecule has 100 valence electrons. The van der Waals surface area contributed by atoms with Gasteiger partial charge in [-0.25, -0.2) is 0 Å². The summed E-state index contributed by atoms with van der Waals surface area (Å²) in [7, 11) is 0. The maximum Gasteiger partial charge on any atom is 0.252 e. The minimum atomic E-state index is -0.268. The van der Waals surface area contributed by atoms with Crippen molar-refractivity contribution in [3.63, 3.8) is 0 Å². The molecule has 2 heterocycles. The molecule has 1 aromatic heterocycles. The number of pyridine rings is 1. The summed E-state index contributed by atoms with van der Waals surface area (Å²) in [6.45, 7) is 0. The SMILES string of the molecule is O=C(CC1NC(=O)c2ccccc21)Nc1cccnc1. The van der Waals surface area contributed by atoms with Crippen LogP contribution in [0.4, 0.5) is 5.69 Å². The molecule has 0 fully saturated rings. The number of benzene rings is 1. The van der Waals surface area contributed by atoms with Gasteiger partial charge in [0.25, 0.3) is 5.91 Å². The smallest absolute Gasteiger partial charge is 0.252 e. The van der Waals surface area contributed by atoms with E-state index in [9.17, 15) is 9.59 Å². The van der Waals surface area contributed by atoms with Crippen LogP contribution in [0.3, 0.4) is 0 Å². The number of fused-ring (bicyclic) bond motifs is 1. The molecule has 2 aromatic rings. The molecule has 1 aliphatic rings. The summed E-state index contributed by atoms with van der Waals surface area (Å²) in [4.78, 5) is 27.7. The van der Waals surface area contributed by atoms with Crippen LogP contribution in [0.2, 0.25) is 0 Å². The summed E-state index contributed by atoms with van der Waals surface area (Å²) in [5.74, 6) is -0.278. The number of nitrogens with one attached hydrogen (secondary N) is 2. The average Bonchev–Trinajstić information content (AvgIpc) is 2.77. The zero-order valence-corrected chi connectivity index (χ0v) is 10.7. The molecule has 0 radical (unpaired) electrons. The second-order valence-electron chi connectivity index (χ2n) is 4.61. The Morgan fingerprint density at radius 1 is 1.25 bits per heavy atom. The number of amides is 2. The second kappa shape index (κ2) is 5.13. The third kappa shape index (κ3) is 2.38. The highest BCUT2D eigenvalue weighted by atomic mass is 16.2. The molecule has 1 aliphatic heterocycles. The standard InChI is InChI=1S/C15H13N3O2/c19-14(17-10-4-3-7-16-9-10)8-13-11-5-1-2-6-12(11)15(20)18-13/h1-7,9,13H,8H2,(H,17,19)(H,18,20). The predicted octanol–water partition coefficient (Wildman–Crippen LogP) is 1.89. The van der Waals surface area contributed by atoms with Crippen molar-refractivity contribution in [2.75, 3.05) is 5.32 Å². The Labute approximate surface area is 116 Å². The van der Waals surface area contributed by atoms with Crippen LogP contribution < -0.4 is 10.6 Å². The number of rotatable bonds is 3. The first kappa shape index (κ1) is 12.3. The quantitative estimate of drug-likeness (QED) is 0.892. The molecule has 0 spiro atoms. The highest BCUT2D eigenvalue weighted by Gasteiger charge is 2.29. The maximum absolute atomic E-state index is 12.0. The van der Waals surface area contributed by atoms with Crippen molar-refractivity contribution in [1.82, 2.24) is 10.3 Å².